The van der Waals surface area contributed by atoms with Crippen molar-refractivity contribution in [2.24, 2.45) is 11.7 Å². The molecule has 0 aromatic heterocycles. The van der Waals surface area contributed by atoms with E-state index in [1.807, 2.05) is 0 Å². The van der Waals surface area contributed by atoms with E-state index in [2.05, 4.69) is 10.2 Å². The zero-order valence-electron chi connectivity index (χ0n) is 13.0. The summed E-state index contributed by atoms with van der Waals surface area (Å²) >= 11 is 0. The fraction of sp³-hybridized carbons (Fsp3) is 0.933. The molecule has 0 aromatic carbocycles. The molecule has 0 spiro atoms. The maximum Gasteiger partial charge on any atom is 0.249 e. The second-order valence-corrected chi connectivity index (χ2v) is 6.59. The van der Waals surface area contributed by atoms with Gasteiger partial charge in [0.2, 0.25) is 5.91 Å². The molecule has 2 atom stereocenters. The molecule has 0 bridgehead atoms. The number of ether oxygens (including phenoxy) is 1. The number of hydrogen-bond acceptors (Lipinski definition) is 4. The minimum atomic E-state index is -0.270. The van der Waals surface area contributed by atoms with Gasteiger partial charge < -0.3 is 20.7 Å². The summed E-state index contributed by atoms with van der Waals surface area (Å²) in [5.74, 6) is 1.03. The van der Waals surface area contributed by atoms with Crippen molar-refractivity contribution >= 4 is 30.7 Å². The van der Waals surface area contributed by atoms with Crippen LogP contribution in [0.15, 0.2) is 0 Å². The fourth-order valence-corrected chi connectivity index (χ4v) is 3.29. The first kappa shape index (κ1) is 20.0. The van der Waals surface area contributed by atoms with Gasteiger partial charge in [-0.15, -0.1) is 24.8 Å². The molecule has 0 aromatic rings. The Balaban J connectivity index is 0.00000121. The van der Waals surface area contributed by atoms with Crippen LogP contribution in [0.3, 0.4) is 0 Å². The Bertz CT molecular complexity index is 348. The highest BCUT2D eigenvalue weighted by Gasteiger charge is 2.32. The lowest BCUT2D eigenvalue weighted by atomic mass is 10.0. The number of rotatable bonds is 5. The first-order valence-electron chi connectivity index (χ1n) is 8.13. The van der Waals surface area contributed by atoms with E-state index < -0.39 is 0 Å². The molecule has 0 radical (unpaired) electrons. The SMILES string of the molecule is Cl.Cl.NC[C@H]1CC[C@@H](C(=O)NC2CCN(CC3CC3)CC2)O1. The van der Waals surface area contributed by atoms with E-state index in [1.54, 1.807) is 0 Å². The van der Waals surface area contributed by atoms with Crippen LogP contribution in [0.4, 0.5) is 0 Å². The molecule has 5 nitrogen and oxygen atoms in total. The molecule has 3 fully saturated rings. The second-order valence-electron chi connectivity index (χ2n) is 6.59. The van der Waals surface area contributed by atoms with E-state index in [9.17, 15) is 4.79 Å². The van der Waals surface area contributed by atoms with E-state index >= 15 is 0 Å². The number of piperidine rings is 1. The molecule has 3 aliphatic rings. The van der Waals surface area contributed by atoms with E-state index in [0.717, 1.165) is 44.7 Å². The quantitative estimate of drug-likeness (QED) is 0.782. The largest absolute Gasteiger partial charge is 0.364 e. The van der Waals surface area contributed by atoms with Gasteiger partial charge in [-0.2, -0.15) is 0 Å². The van der Waals surface area contributed by atoms with Gasteiger partial charge in [-0.3, -0.25) is 4.79 Å². The van der Waals surface area contributed by atoms with E-state index in [-0.39, 0.29) is 42.9 Å². The number of carbonyl (C=O) groups excluding carboxylic acids is 1. The molecule has 7 heteroatoms. The maximum absolute atomic E-state index is 12.2. The average molecular weight is 354 g/mol. The summed E-state index contributed by atoms with van der Waals surface area (Å²) in [5.41, 5.74) is 5.58. The van der Waals surface area contributed by atoms with Crippen molar-refractivity contribution in [3.05, 3.63) is 0 Å². The third-order valence-electron chi connectivity index (χ3n) is 4.81. The van der Waals surface area contributed by atoms with Crippen molar-refractivity contribution in [3.8, 4) is 0 Å². The summed E-state index contributed by atoms with van der Waals surface area (Å²) in [7, 11) is 0. The minimum absolute atomic E-state index is 0. The number of halogens is 2. The van der Waals surface area contributed by atoms with Crippen LogP contribution >= 0.6 is 24.8 Å². The molecule has 2 heterocycles. The smallest absolute Gasteiger partial charge is 0.249 e. The summed E-state index contributed by atoms with van der Waals surface area (Å²) < 4.78 is 5.65. The molecule has 1 amide bonds. The van der Waals surface area contributed by atoms with Crippen molar-refractivity contribution < 1.29 is 9.53 Å². The molecule has 22 heavy (non-hydrogen) atoms. The van der Waals surface area contributed by atoms with Gasteiger partial charge in [0.25, 0.3) is 0 Å². The van der Waals surface area contributed by atoms with Crippen molar-refractivity contribution in [2.45, 2.75) is 56.8 Å². The monoisotopic (exact) mass is 353 g/mol. The molecule has 2 aliphatic heterocycles. The van der Waals surface area contributed by atoms with Crippen LogP contribution in [0.25, 0.3) is 0 Å². The summed E-state index contributed by atoms with van der Waals surface area (Å²) in [6.07, 6.45) is 6.51. The third kappa shape index (κ3) is 5.53. The lowest BCUT2D eigenvalue weighted by Gasteiger charge is -2.32. The second kappa shape index (κ2) is 9.28. The molecule has 1 aliphatic carbocycles. The Kier molecular flexibility index (Phi) is 8.43. The van der Waals surface area contributed by atoms with Gasteiger partial charge in [0.05, 0.1) is 6.10 Å². The predicted molar refractivity (Wildman–Crippen MR) is 91.8 cm³/mol. The fourth-order valence-electron chi connectivity index (χ4n) is 3.29. The van der Waals surface area contributed by atoms with Gasteiger partial charge in [0, 0.05) is 32.2 Å². The van der Waals surface area contributed by atoms with Gasteiger partial charge in [-0.05, 0) is 44.4 Å². The molecule has 130 valence electrons. The summed E-state index contributed by atoms with van der Waals surface area (Å²) in [4.78, 5) is 14.7. The van der Waals surface area contributed by atoms with Crippen LogP contribution in [0, 0.1) is 5.92 Å². The number of carbonyl (C=O) groups is 1. The average Bonchev–Trinajstić information content (AvgIpc) is 3.14. The molecular weight excluding hydrogens is 325 g/mol. The van der Waals surface area contributed by atoms with Crippen LogP contribution in [0.2, 0.25) is 0 Å². The summed E-state index contributed by atoms with van der Waals surface area (Å²) in [5, 5.41) is 3.16. The third-order valence-corrected chi connectivity index (χ3v) is 4.81. The summed E-state index contributed by atoms with van der Waals surface area (Å²) in [6, 6.07) is 0.332. The van der Waals surface area contributed by atoms with E-state index in [1.165, 1.54) is 19.4 Å². The Morgan fingerprint density at radius 3 is 2.32 bits per heavy atom. The van der Waals surface area contributed by atoms with Crippen LogP contribution in [0.5, 0.6) is 0 Å². The Morgan fingerprint density at radius 2 is 1.77 bits per heavy atom. The number of likely N-dealkylation sites (tertiary alicyclic amines) is 1. The first-order valence-corrected chi connectivity index (χ1v) is 8.13. The van der Waals surface area contributed by atoms with Gasteiger partial charge in [0.15, 0.2) is 0 Å². The number of hydrogen-bond donors (Lipinski definition) is 2. The van der Waals surface area contributed by atoms with Crippen molar-refractivity contribution in [2.75, 3.05) is 26.2 Å². The normalized spacial score (nSPS) is 29.5. The lowest BCUT2D eigenvalue weighted by molar-refractivity contribution is -0.132. The van der Waals surface area contributed by atoms with Crippen LogP contribution in [-0.4, -0.2) is 55.2 Å². The zero-order chi connectivity index (χ0) is 13.9. The highest BCUT2D eigenvalue weighted by molar-refractivity contribution is 5.85. The van der Waals surface area contributed by atoms with E-state index in [0.29, 0.717) is 12.6 Å². The molecule has 0 unspecified atom stereocenters. The number of nitrogens with zero attached hydrogens (tertiary/aromatic N) is 1. The molecule has 3 N–H and O–H groups in total. The Morgan fingerprint density at radius 1 is 1.09 bits per heavy atom. The highest BCUT2D eigenvalue weighted by atomic mass is 35.5. The standard InChI is InChI=1S/C15H27N3O2.2ClH/c16-9-13-3-4-14(20-13)15(19)17-12-5-7-18(8-6-12)10-11-1-2-11;;/h11-14H,1-10,16H2,(H,17,19);2*1H/t13-,14+;;/m1../s1. The predicted octanol–water partition coefficient (Wildman–Crippen LogP) is 1.33. The molecular formula is C15H29Cl2N3O2. The molecule has 3 rings (SSSR count). The Hall–Kier alpha value is -0.0700. The number of nitrogens with one attached hydrogen (secondary N) is 1. The number of nitrogens with two attached hydrogens (primary N) is 1. The zero-order valence-corrected chi connectivity index (χ0v) is 14.7. The Labute approximate surface area is 145 Å². The van der Waals surface area contributed by atoms with Crippen molar-refractivity contribution in [1.29, 1.82) is 0 Å². The maximum atomic E-state index is 12.2. The van der Waals surface area contributed by atoms with Gasteiger partial charge in [-0.1, -0.05) is 0 Å². The van der Waals surface area contributed by atoms with Gasteiger partial charge in [-0.25, -0.2) is 0 Å². The van der Waals surface area contributed by atoms with E-state index in [4.69, 9.17) is 10.5 Å². The van der Waals surface area contributed by atoms with Crippen LogP contribution in [-0.2, 0) is 9.53 Å². The van der Waals surface area contributed by atoms with Gasteiger partial charge in [0.1, 0.15) is 6.10 Å². The lowest BCUT2D eigenvalue weighted by Crippen LogP contribution is -2.48. The molecule has 2 saturated heterocycles. The highest BCUT2D eigenvalue weighted by Crippen LogP contribution is 2.30. The molecule has 1 saturated carbocycles. The van der Waals surface area contributed by atoms with Crippen LogP contribution in [0.1, 0.15) is 38.5 Å². The van der Waals surface area contributed by atoms with Crippen molar-refractivity contribution in [3.63, 3.8) is 0 Å². The summed E-state index contributed by atoms with van der Waals surface area (Å²) in [6.45, 7) is 4.03. The van der Waals surface area contributed by atoms with Crippen LogP contribution < -0.4 is 11.1 Å². The number of amides is 1. The minimum Gasteiger partial charge on any atom is -0.364 e. The topological polar surface area (TPSA) is 67.6 Å². The van der Waals surface area contributed by atoms with Crippen molar-refractivity contribution in [1.82, 2.24) is 10.2 Å². The first-order chi connectivity index (χ1) is 9.74. The van der Waals surface area contributed by atoms with Gasteiger partial charge >= 0.3 is 0 Å².